The van der Waals surface area contributed by atoms with Gasteiger partial charge in [0.25, 0.3) is 5.91 Å². The van der Waals surface area contributed by atoms with E-state index in [0.29, 0.717) is 37.3 Å². The SMILES string of the molecule is CCn1cc(NC(=O)C2CCN(C(=O)c3cc(C)n(-c4ccccc4)n3)CC2)cn1. The first-order valence-corrected chi connectivity index (χ1v) is 10.3. The molecule has 0 radical (unpaired) electrons. The summed E-state index contributed by atoms with van der Waals surface area (Å²) in [5, 5.41) is 11.6. The predicted octanol–water partition coefficient (Wildman–Crippen LogP) is 2.89. The van der Waals surface area contributed by atoms with Crippen molar-refractivity contribution in [1.29, 1.82) is 0 Å². The van der Waals surface area contributed by atoms with Crippen molar-refractivity contribution in [2.45, 2.75) is 33.2 Å². The lowest BCUT2D eigenvalue weighted by Gasteiger charge is -2.30. The lowest BCUT2D eigenvalue weighted by Crippen LogP contribution is -2.41. The molecule has 1 fully saturated rings. The third-order valence-corrected chi connectivity index (χ3v) is 5.49. The molecule has 1 saturated heterocycles. The van der Waals surface area contributed by atoms with Gasteiger partial charge in [0.2, 0.25) is 5.91 Å². The van der Waals surface area contributed by atoms with E-state index in [9.17, 15) is 9.59 Å². The van der Waals surface area contributed by atoms with Crippen LogP contribution in [0.1, 0.15) is 35.9 Å². The Morgan fingerprint density at radius 3 is 2.57 bits per heavy atom. The van der Waals surface area contributed by atoms with E-state index in [4.69, 9.17) is 0 Å². The zero-order valence-corrected chi connectivity index (χ0v) is 17.3. The fraction of sp³-hybridized carbons (Fsp3) is 0.364. The highest BCUT2D eigenvalue weighted by atomic mass is 16.2. The second kappa shape index (κ2) is 8.52. The first-order valence-electron chi connectivity index (χ1n) is 10.3. The first kappa shape index (κ1) is 19.9. The number of amides is 2. The van der Waals surface area contributed by atoms with Crippen LogP contribution >= 0.6 is 0 Å². The summed E-state index contributed by atoms with van der Waals surface area (Å²) >= 11 is 0. The van der Waals surface area contributed by atoms with Crippen LogP contribution in [0.5, 0.6) is 0 Å². The minimum Gasteiger partial charge on any atom is -0.337 e. The number of carbonyl (C=O) groups is 2. The van der Waals surface area contributed by atoms with Crippen LogP contribution in [0.25, 0.3) is 5.69 Å². The molecular formula is C22H26N6O2. The Morgan fingerprint density at radius 2 is 1.90 bits per heavy atom. The predicted molar refractivity (Wildman–Crippen MR) is 113 cm³/mol. The molecule has 1 aliphatic heterocycles. The van der Waals surface area contributed by atoms with Gasteiger partial charge in [0.05, 0.1) is 17.6 Å². The molecule has 1 N–H and O–H groups in total. The summed E-state index contributed by atoms with van der Waals surface area (Å²) in [4.78, 5) is 27.3. The van der Waals surface area contributed by atoms with Crippen molar-refractivity contribution in [2.24, 2.45) is 5.92 Å². The number of piperidine rings is 1. The lowest BCUT2D eigenvalue weighted by molar-refractivity contribution is -0.121. The fourth-order valence-corrected chi connectivity index (χ4v) is 3.76. The van der Waals surface area contributed by atoms with Crippen LogP contribution in [-0.4, -0.2) is 49.4 Å². The summed E-state index contributed by atoms with van der Waals surface area (Å²) in [5.41, 5.74) is 2.98. The minimum absolute atomic E-state index is 0.0121. The Labute approximate surface area is 175 Å². The van der Waals surface area contributed by atoms with Gasteiger partial charge in [-0.2, -0.15) is 10.2 Å². The number of anilines is 1. The zero-order valence-electron chi connectivity index (χ0n) is 17.3. The summed E-state index contributed by atoms with van der Waals surface area (Å²) in [6.45, 7) is 5.78. The first-order chi connectivity index (χ1) is 14.5. The number of hydrogen-bond donors (Lipinski definition) is 1. The molecule has 8 nitrogen and oxygen atoms in total. The van der Waals surface area contributed by atoms with Crippen molar-refractivity contribution in [3.63, 3.8) is 0 Å². The second-order valence-electron chi connectivity index (χ2n) is 7.56. The number of aryl methyl sites for hydroxylation is 2. The number of nitrogens with one attached hydrogen (secondary N) is 1. The highest BCUT2D eigenvalue weighted by Crippen LogP contribution is 2.21. The number of carbonyl (C=O) groups excluding carboxylic acids is 2. The molecule has 0 unspecified atom stereocenters. The fourth-order valence-electron chi connectivity index (χ4n) is 3.76. The van der Waals surface area contributed by atoms with E-state index in [2.05, 4.69) is 15.5 Å². The van der Waals surface area contributed by atoms with Crippen LogP contribution in [-0.2, 0) is 11.3 Å². The van der Waals surface area contributed by atoms with Crippen LogP contribution in [0, 0.1) is 12.8 Å². The third-order valence-electron chi connectivity index (χ3n) is 5.49. The number of likely N-dealkylation sites (tertiary alicyclic amines) is 1. The molecule has 30 heavy (non-hydrogen) atoms. The summed E-state index contributed by atoms with van der Waals surface area (Å²) in [6.07, 6.45) is 4.75. The molecule has 3 aromatic rings. The molecule has 0 spiro atoms. The van der Waals surface area contributed by atoms with Crippen molar-refractivity contribution in [3.8, 4) is 5.69 Å². The molecule has 2 aromatic heterocycles. The number of para-hydroxylation sites is 1. The molecule has 0 aliphatic carbocycles. The van der Waals surface area contributed by atoms with Gasteiger partial charge in [0.15, 0.2) is 5.69 Å². The monoisotopic (exact) mass is 406 g/mol. The Hall–Kier alpha value is -3.42. The Kier molecular flexibility index (Phi) is 5.65. The second-order valence-corrected chi connectivity index (χ2v) is 7.56. The highest BCUT2D eigenvalue weighted by Gasteiger charge is 2.29. The van der Waals surface area contributed by atoms with Crippen LogP contribution in [0.2, 0.25) is 0 Å². The quantitative estimate of drug-likeness (QED) is 0.706. The van der Waals surface area contributed by atoms with E-state index >= 15 is 0 Å². The van der Waals surface area contributed by atoms with E-state index in [-0.39, 0.29) is 17.7 Å². The van der Waals surface area contributed by atoms with E-state index in [1.54, 1.807) is 20.5 Å². The molecule has 1 aromatic carbocycles. The summed E-state index contributed by atoms with van der Waals surface area (Å²) < 4.78 is 3.55. The minimum atomic E-state index is -0.109. The average Bonchev–Trinajstić information content (AvgIpc) is 3.40. The summed E-state index contributed by atoms with van der Waals surface area (Å²) in [7, 11) is 0. The van der Waals surface area contributed by atoms with Gasteiger partial charge in [-0.05, 0) is 44.9 Å². The molecule has 1 aliphatic rings. The van der Waals surface area contributed by atoms with Crippen molar-refractivity contribution >= 4 is 17.5 Å². The van der Waals surface area contributed by atoms with Gasteiger partial charge < -0.3 is 10.2 Å². The van der Waals surface area contributed by atoms with Crippen LogP contribution in [0.15, 0.2) is 48.8 Å². The van der Waals surface area contributed by atoms with Gasteiger partial charge in [-0.3, -0.25) is 14.3 Å². The van der Waals surface area contributed by atoms with Crippen LogP contribution in [0.3, 0.4) is 0 Å². The Morgan fingerprint density at radius 1 is 1.17 bits per heavy atom. The van der Waals surface area contributed by atoms with Gasteiger partial charge in [-0.25, -0.2) is 4.68 Å². The molecule has 4 rings (SSSR count). The molecule has 0 saturated carbocycles. The van der Waals surface area contributed by atoms with E-state index in [1.165, 1.54) is 0 Å². The average molecular weight is 406 g/mol. The normalized spacial score (nSPS) is 14.7. The third kappa shape index (κ3) is 4.12. The highest BCUT2D eigenvalue weighted by molar-refractivity contribution is 5.94. The maximum Gasteiger partial charge on any atom is 0.274 e. The van der Waals surface area contributed by atoms with Gasteiger partial charge in [-0.1, -0.05) is 18.2 Å². The topological polar surface area (TPSA) is 85.0 Å². The molecule has 8 heteroatoms. The zero-order chi connectivity index (χ0) is 21.1. The van der Waals surface area contributed by atoms with Crippen LogP contribution < -0.4 is 5.32 Å². The van der Waals surface area contributed by atoms with E-state index in [0.717, 1.165) is 17.9 Å². The van der Waals surface area contributed by atoms with Crippen molar-refractivity contribution < 1.29 is 9.59 Å². The summed E-state index contributed by atoms with van der Waals surface area (Å²) in [5.74, 6) is -0.208. The molecular weight excluding hydrogens is 380 g/mol. The largest absolute Gasteiger partial charge is 0.337 e. The number of nitrogens with zero attached hydrogens (tertiary/aromatic N) is 5. The standard InChI is InChI=1S/C22H26N6O2/c1-3-27-15-18(14-23-27)24-21(29)17-9-11-26(12-10-17)22(30)20-13-16(2)28(25-20)19-7-5-4-6-8-19/h4-8,13-15,17H,3,9-12H2,1-2H3,(H,24,29). The van der Waals surface area contributed by atoms with Gasteiger partial charge in [0, 0.05) is 37.4 Å². The number of benzene rings is 1. The molecule has 0 bridgehead atoms. The van der Waals surface area contributed by atoms with Crippen molar-refractivity contribution in [2.75, 3.05) is 18.4 Å². The maximum atomic E-state index is 12.9. The maximum absolute atomic E-state index is 12.9. The van der Waals surface area contributed by atoms with Gasteiger partial charge >= 0.3 is 0 Å². The van der Waals surface area contributed by atoms with Crippen molar-refractivity contribution in [3.05, 3.63) is 60.2 Å². The Bertz CT molecular complexity index is 1030. The number of hydrogen-bond acceptors (Lipinski definition) is 4. The van der Waals surface area contributed by atoms with Gasteiger partial charge in [-0.15, -0.1) is 0 Å². The van der Waals surface area contributed by atoms with Gasteiger partial charge in [0.1, 0.15) is 0 Å². The number of rotatable bonds is 5. The molecule has 3 heterocycles. The Balaban J connectivity index is 1.36. The molecule has 2 amide bonds. The van der Waals surface area contributed by atoms with Crippen LogP contribution in [0.4, 0.5) is 5.69 Å². The van der Waals surface area contributed by atoms with Crippen molar-refractivity contribution in [1.82, 2.24) is 24.5 Å². The number of aromatic nitrogens is 4. The van der Waals surface area contributed by atoms with E-state index in [1.807, 2.05) is 56.4 Å². The molecule has 156 valence electrons. The smallest absolute Gasteiger partial charge is 0.274 e. The molecule has 0 atom stereocenters. The lowest BCUT2D eigenvalue weighted by atomic mass is 9.95. The van der Waals surface area contributed by atoms with E-state index < -0.39 is 0 Å². The summed E-state index contributed by atoms with van der Waals surface area (Å²) in [6, 6.07) is 11.6.